The Kier molecular flexibility index (Phi) is 30.4. The van der Waals surface area contributed by atoms with Crippen LogP contribution in [0.15, 0.2) is 183 Å². The molecule has 10 N–H and O–H groups in total. The number of guanidine groups is 2. The Bertz CT molecular complexity index is 6680. The van der Waals surface area contributed by atoms with Crippen LogP contribution >= 0.6 is 104 Å². The summed E-state index contributed by atoms with van der Waals surface area (Å²) in [6, 6.07) is 38.6. The van der Waals surface area contributed by atoms with Crippen LogP contribution in [0.2, 0.25) is 0 Å². The maximum absolute atomic E-state index is 14.4. The molecule has 786 valence electrons. The topological polar surface area (TPSA) is 418 Å². The molecule has 149 heavy (non-hydrogen) atoms. The van der Waals surface area contributed by atoms with Gasteiger partial charge in [0.1, 0.15) is 91.4 Å². The average molecular weight is 2410 g/mol. The number of amidine groups is 1. The molecule has 0 radical (unpaired) electrons. The number of carbonyl (C=O) groups excluding carboxylic acids is 7. The highest BCUT2D eigenvalue weighted by Gasteiger charge is 2.65. The standard InChI is InChI=1S/C22H21F2N3O3.C17H19BrN2O3S.C16H18BrN3O3.C15H15BrN2O4.C15H15BrN2O3S.C13H13BrO3.C6H5BF2O2/c1-27-19(28)22(26-20(27)25)11-21(7-2-8-29-12-21)30-18-6-3-13(9-16(18)22)15-10-14(23)4-5-17(15)24;1-20-14(21)17(19-15(20)24-2)9-16(6-3-7-22-10-16)23-13-5-4-11(18)8-12(13)17;1-20-13(21)16(19-14(20)18)8-15(5-2-6-22-9-15)23-12-4-3-10(17)7-11(12)16;16-9-2-3-11-10(6-9)15(12(19)17-13(20)18-15)7-14(22-11)4-1-5-21-8-14;16-9-2-3-11-10(6-9)15(12(19)17-13(22)18-15)7-14(21-11)4-1-5-20-8-14;14-9-2-3-12-10(6-9)11(15)7-13(17-12)4-1-5-16-8-13;8-4-1-2-6(9)5(3-4)7(10)11/h3-6,9-10H,2,7-8,11-12H2,1H3,(H2,25,26);4-5,8H,3,6-7,9-10H2,1-2H3;3-4,7H,2,5-6,8-9H2,1H3,(H2,18,19);2-3,6H,1,4-5,7-8H2,(H2,17,18,19,20);2-3,6H,1,4-5,7-8H2,(H2,17,18,19,22);2-3,6H,1,4-5,7-8H2;1-3,10-11H. The van der Waals surface area contributed by atoms with Crippen molar-refractivity contribution in [1.82, 2.24) is 36.0 Å². The molecule has 0 bridgehead atoms. The van der Waals surface area contributed by atoms with E-state index in [1.165, 1.54) is 21.6 Å². The molecule has 33 nitrogen and oxygen atoms in total. The quantitative estimate of drug-likeness (QED) is 0.0345. The lowest BCUT2D eigenvalue weighted by Crippen LogP contribution is -2.58. The van der Waals surface area contributed by atoms with Gasteiger partial charge in [-0.25, -0.2) is 37.3 Å². The summed E-state index contributed by atoms with van der Waals surface area (Å²) in [5.74, 6) is 0.985. The predicted molar refractivity (Wildman–Crippen MR) is 563 cm³/mol. The highest BCUT2D eigenvalue weighted by atomic mass is 79.9. The third-order valence-electron chi connectivity index (χ3n) is 29.7. The molecule has 7 amide bonds. The number of aliphatic imine (C=N–C) groups is 3. The average Bonchev–Trinajstić information content (AvgIpc) is 1.61. The number of ether oxygens (including phenoxy) is 12. The molecule has 11 atom stereocenters. The van der Waals surface area contributed by atoms with E-state index < -0.39 is 103 Å². The summed E-state index contributed by atoms with van der Waals surface area (Å²) in [5, 5.41) is 29.2. The molecule has 8 aromatic carbocycles. The molecule has 25 rings (SSSR count). The van der Waals surface area contributed by atoms with Crippen LogP contribution in [0.1, 0.15) is 154 Å². The Labute approximate surface area is 907 Å². The zero-order valence-electron chi connectivity index (χ0n) is 81.4. The van der Waals surface area contributed by atoms with Crippen LogP contribution in [0.5, 0.6) is 34.5 Å². The van der Waals surface area contributed by atoms with Crippen molar-refractivity contribution >= 4 is 180 Å². The Balaban J connectivity index is 0.000000111. The lowest BCUT2D eigenvalue weighted by Gasteiger charge is -2.47. The number of nitrogens with one attached hydrogen (secondary N) is 4. The number of hydrogen-bond donors (Lipinski definition) is 8. The number of fused-ring (bicyclic) bond motifs is 11. The molecule has 8 aromatic rings. The van der Waals surface area contributed by atoms with E-state index in [1.54, 1.807) is 44.2 Å². The predicted octanol–water partition coefficient (Wildman–Crippen LogP) is 14.3. The van der Waals surface area contributed by atoms with Gasteiger partial charge in [0.25, 0.3) is 29.5 Å². The van der Waals surface area contributed by atoms with Crippen molar-refractivity contribution in [2.75, 3.05) is 107 Å². The van der Waals surface area contributed by atoms with Crippen LogP contribution < -0.4 is 66.6 Å². The van der Waals surface area contributed by atoms with Crippen molar-refractivity contribution < 1.29 is 118 Å². The summed E-state index contributed by atoms with van der Waals surface area (Å²) < 4.78 is 129. The summed E-state index contributed by atoms with van der Waals surface area (Å²) in [6.07, 6.45) is 14.9. The van der Waals surface area contributed by atoms with E-state index >= 15 is 0 Å². The van der Waals surface area contributed by atoms with E-state index in [9.17, 15) is 51.1 Å². The van der Waals surface area contributed by atoms with Gasteiger partial charge in [-0.1, -0.05) is 97.5 Å². The Morgan fingerprint density at radius 2 is 0.745 bits per heavy atom. The second kappa shape index (κ2) is 42.3. The van der Waals surface area contributed by atoms with Crippen molar-refractivity contribution in [3.63, 3.8) is 0 Å². The minimum atomic E-state index is -1.97. The summed E-state index contributed by atoms with van der Waals surface area (Å²) in [4.78, 5) is 107. The van der Waals surface area contributed by atoms with Crippen molar-refractivity contribution in [3.05, 3.63) is 225 Å². The molecule has 0 aromatic heterocycles. The maximum atomic E-state index is 14.4. The van der Waals surface area contributed by atoms with Crippen molar-refractivity contribution in [2.24, 2.45) is 26.4 Å². The van der Waals surface area contributed by atoms with Crippen LogP contribution in [0.3, 0.4) is 0 Å². The fourth-order valence-electron chi connectivity index (χ4n) is 22.9. The van der Waals surface area contributed by atoms with Gasteiger partial charge in [-0.05, 0) is 241 Å². The number of rotatable bonds is 2. The zero-order chi connectivity index (χ0) is 105. The SMILES string of the molecule is CN1C(=O)C2(CC3(CCCOC3)Oc3ccc(-c4cc(F)ccc4F)cc32)N=C1N.CN1C(=O)C2(CC3(CCCOC3)Oc3ccc(Br)cc32)N=C1N.CSC1=NC2(CC3(CCCOC3)Oc3ccc(Br)cc32)C(=O)N1C.O=C1CC2(CCCOC2)Oc2ccc(Br)cc21.O=C1NC(=O)C2(CC3(CCCOC3)Oc3ccc(Br)cc32)N1.O=C1NC(=S)NC12CC1(CCCOC1)Oc1ccc(Br)cc12.OB(O)c1cc(F)ccc1F. The van der Waals surface area contributed by atoms with E-state index in [0.717, 1.165) is 190 Å². The molecule has 17 aliphatic heterocycles. The number of amides is 7. The van der Waals surface area contributed by atoms with E-state index in [2.05, 4.69) is 111 Å². The number of carbonyl (C=O) groups is 7. The largest absolute Gasteiger partial charge is 0.491 e. The molecular weight excluding hydrogens is 2300 g/mol. The number of benzene rings is 8. The molecule has 17 heterocycles. The summed E-state index contributed by atoms with van der Waals surface area (Å²) >= 11 is 23.9. The van der Waals surface area contributed by atoms with E-state index in [0.29, 0.717) is 141 Å². The van der Waals surface area contributed by atoms with Crippen molar-refractivity contribution in [3.8, 4) is 45.6 Å². The van der Waals surface area contributed by atoms with Crippen LogP contribution in [-0.4, -0.2) is 236 Å². The fraction of sp³-hybridized carbons (Fsp3) is 0.433. The molecule has 8 fully saturated rings. The molecule has 8 saturated heterocycles. The second-order valence-corrected chi connectivity index (χ2v) is 45.8. The van der Waals surface area contributed by atoms with E-state index in [-0.39, 0.29) is 59.2 Å². The van der Waals surface area contributed by atoms with Gasteiger partial charge in [-0.15, -0.1) is 0 Å². The van der Waals surface area contributed by atoms with Gasteiger partial charge in [-0.3, -0.25) is 48.8 Å². The van der Waals surface area contributed by atoms with Gasteiger partial charge in [0.05, 0.1) is 51.6 Å². The van der Waals surface area contributed by atoms with Crippen molar-refractivity contribution in [2.45, 2.75) is 177 Å². The van der Waals surface area contributed by atoms with Gasteiger partial charge < -0.3 is 94.3 Å². The first-order chi connectivity index (χ1) is 71.1. The lowest BCUT2D eigenvalue weighted by molar-refractivity contribution is -0.139. The van der Waals surface area contributed by atoms with Gasteiger partial charge >= 0.3 is 13.1 Å². The van der Waals surface area contributed by atoms with E-state index in [1.807, 2.05) is 97.3 Å². The Morgan fingerprint density at radius 3 is 1.11 bits per heavy atom. The first-order valence-electron chi connectivity index (χ1n) is 48.7. The Hall–Kier alpha value is -10.2. The number of nitrogens with two attached hydrogens (primary N) is 2. The first-order valence-corrected chi connectivity index (χ1v) is 54.3. The molecule has 0 saturated carbocycles. The monoisotopic (exact) mass is 2400 g/mol. The number of halogens is 9. The van der Waals surface area contributed by atoms with E-state index in [4.69, 9.17) is 95.6 Å². The second-order valence-electron chi connectivity index (χ2n) is 40.0. The number of urea groups is 1. The summed E-state index contributed by atoms with van der Waals surface area (Å²) in [6.45, 7) is 7.08. The third-order valence-corrected chi connectivity index (χ3v) is 33.1. The zero-order valence-corrected chi connectivity index (χ0v) is 90.9. The summed E-state index contributed by atoms with van der Waals surface area (Å²) in [5.41, 5.74) is 7.97. The number of thiocarbonyl (C=S) groups is 1. The Morgan fingerprint density at radius 1 is 0.396 bits per heavy atom. The molecular formula is C104H106BBr5F4N12O21S2. The molecule has 11 spiro atoms. The lowest BCUT2D eigenvalue weighted by atomic mass is 9.74. The van der Waals surface area contributed by atoms with Crippen LogP contribution in [-0.2, 0) is 80.1 Å². The number of thioether (sulfide) groups is 1. The number of imide groups is 1. The fourth-order valence-corrected chi connectivity index (χ4v) is 25.5. The highest BCUT2D eigenvalue weighted by molar-refractivity contribution is 9.11. The first kappa shape index (κ1) is 107. The van der Waals surface area contributed by atoms with Gasteiger partial charge in [0.2, 0.25) is 0 Å². The van der Waals surface area contributed by atoms with Gasteiger partial charge in [0, 0.05) is 154 Å². The molecule has 17 aliphatic rings. The number of hydrogen-bond acceptors (Lipinski definition) is 28. The highest BCUT2D eigenvalue weighted by Crippen LogP contribution is 2.58. The number of nitrogens with zero attached hydrogens (tertiary/aromatic N) is 6. The minimum Gasteiger partial charge on any atom is -0.484 e. The minimum absolute atomic E-state index is 0.0134. The van der Waals surface area contributed by atoms with Crippen LogP contribution in [0, 0.1) is 23.3 Å². The maximum Gasteiger partial charge on any atom is 0.491 e. The van der Waals surface area contributed by atoms with Gasteiger partial charge in [0.15, 0.2) is 55.7 Å². The molecule has 0 aliphatic carbocycles. The molecule has 45 heteroatoms. The third kappa shape index (κ3) is 20.8. The number of ketones is 1. The smallest absolute Gasteiger partial charge is 0.484 e. The number of Topliss-reactive ketones (excluding diaryl/α,β-unsaturated/α-hetero) is 1. The van der Waals surface area contributed by atoms with Crippen LogP contribution in [0.4, 0.5) is 22.4 Å². The van der Waals surface area contributed by atoms with Crippen LogP contribution in [0.25, 0.3) is 11.1 Å². The normalized spacial score (nSPS) is 29.6. The van der Waals surface area contributed by atoms with Crippen molar-refractivity contribution in [1.29, 1.82) is 0 Å². The molecule has 11 unspecified atom stereocenters. The van der Waals surface area contributed by atoms with Gasteiger partial charge in [-0.2, -0.15) is 0 Å². The number of likely N-dealkylation sites (N-methyl/N-ethyl adjacent to an activating group) is 3. The summed E-state index contributed by atoms with van der Waals surface area (Å²) in [7, 11) is 3.06.